The molecule has 0 spiro atoms. The van der Waals surface area contributed by atoms with Crippen LogP contribution < -0.4 is 15.9 Å². The van der Waals surface area contributed by atoms with Gasteiger partial charge in [-0.3, -0.25) is 0 Å². The van der Waals surface area contributed by atoms with Crippen molar-refractivity contribution in [1.82, 2.24) is 0 Å². The molecular formula is C26H22OP+. The zero-order valence-corrected chi connectivity index (χ0v) is 16.4. The van der Waals surface area contributed by atoms with Crippen LogP contribution in [0, 0.1) is 0 Å². The molecule has 0 radical (unpaired) electrons. The molecule has 4 rings (SSSR count). The van der Waals surface area contributed by atoms with E-state index in [9.17, 15) is 5.11 Å². The lowest BCUT2D eigenvalue weighted by atomic mass is 10.2. The Hall–Kier alpha value is -3.15. The van der Waals surface area contributed by atoms with Gasteiger partial charge in [-0.15, -0.1) is 0 Å². The third-order valence-corrected chi connectivity index (χ3v) is 8.84. The molecule has 0 fully saturated rings. The Labute approximate surface area is 167 Å². The van der Waals surface area contributed by atoms with Crippen molar-refractivity contribution < 1.29 is 5.11 Å². The van der Waals surface area contributed by atoms with Gasteiger partial charge in [-0.05, 0) is 48.5 Å². The topological polar surface area (TPSA) is 20.2 Å². The highest BCUT2D eigenvalue weighted by atomic mass is 31.2. The molecule has 0 aliphatic carbocycles. The van der Waals surface area contributed by atoms with Crippen molar-refractivity contribution in [3.05, 3.63) is 127 Å². The molecule has 136 valence electrons. The molecule has 2 heteroatoms. The molecule has 0 aliphatic heterocycles. The van der Waals surface area contributed by atoms with Crippen LogP contribution >= 0.6 is 7.26 Å². The van der Waals surface area contributed by atoms with Gasteiger partial charge in [-0.1, -0.05) is 72.8 Å². The molecule has 0 saturated carbocycles. The summed E-state index contributed by atoms with van der Waals surface area (Å²) in [4.78, 5) is 0. The number of phenolic OH excluding ortho intramolecular Hbond substituents is 1. The van der Waals surface area contributed by atoms with E-state index in [1.165, 1.54) is 15.9 Å². The van der Waals surface area contributed by atoms with E-state index < -0.39 is 7.26 Å². The summed E-state index contributed by atoms with van der Waals surface area (Å²) >= 11 is 0. The predicted molar refractivity (Wildman–Crippen MR) is 122 cm³/mol. The molecule has 1 N–H and O–H groups in total. The fourth-order valence-electron chi connectivity index (χ4n) is 3.52. The van der Waals surface area contributed by atoms with Crippen LogP contribution in [0.25, 0.3) is 6.08 Å². The van der Waals surface area contributed by atoms with Gasteiger partial charge in [0.25, 0.3) is 0 Å². The summed E-state index contributed by atoms with van der Waals surface area (Å²) in [5.74, 6) is 2.60. The first-order chi connectivity index (χ1) is 13.8. The monoisotopic (exact) mass is 381 g/mol. The Morgan fingerprint density at radius 3 is 1.32 bits per heavy atom. The molecule has 0 aromatic heterocycles. The van der Waals surface area contributed by atoms with Gasteiger partial charge in [0.2, 0.25) is 0 Å². The third kappa shape index (κ3) is 3.50. The normalized spacial score (nSPS) is 11.6. The quantitative estimate of drug-likeness (QED) is 0.462. The van der Waals surface area contributed by atoms with Crippen LogP contribution in [0.5, 0.6) is 5.75 Å². The molecule has 4 aromatic rings. The zero-order chi connectivity index (χ0) is 19.2. The summed E-state index contributed by atoms with van der Waals surface area (Å²) in [5.41, 5.74) is 0.828. The van der Waals surface area contributed by atoms with Crippen molar-refractivity contribution in [3.8, 4) is 5.75 Å². The van der Waals surface area contributed by atoms with E-state index >= 15 is 0 Å². The second-order valence-corrected chi connectivity index (χ2v) is 9.90. The zero-order valence-electron chi connectivity index (χ0n) is 15.5. The summed E-state index contributed by atoms with van der Waals surface area (Å²) in [5, 5.41) is 14.2. The molecular weight excluding hydrogens is 359 g/mol. The lowest BCUT2D eigenvalue weighted by molar-refractivity contribution is 0.474. The molecule has 0 heterocycles. The minimum atomic E-state index is -2.03. The van der Waals surface area contributed by atoms with Crippen LogP contribution in [0.2, 0.25) is 0 Å². The van der Waals surface area contributed by atoms with Crippen molar-refractivity contribution in [2.75, 3.05) is 0 Å². The van der Waals surface area contributed by atoms with Crippen LogP contribution in [0.15, 0.2) is 121 Å². The van der Waals surface area contributed by atoms with Gasteiger partial charge in [0.05, 0.1) is 5.82 Å². The van der Waals surface area contributed by atoms with Crippen LogP contribution in [-0.2, 0) is 0 Å². The Bertz CT molecular complexity index is 960. The fraction of sp³-hybridized carbons (Fsp3) is 0. The van der Waals surface area contributed by atoms with Gasteiger partial charge in [-0.25, -0.2) is 0 Å². The second-order valence-electron chi connectivity index (χ2n) is 6.60. The number of rotatable bonds is 5. The van der Waals surface area contributed by atoms with Crippen LogP contribution in [-0.4, -0.2) is 5.11 Å². The van der Waals surface area contributed by atoms with Gasteiger partial charge in [0, 0.05) is 5.56 Å². The minimum absolute atomic E-state index is 0.297. The molecule has 0 atom stereocenters. The van der Waals surface area contributed by atoms with Crippen molar-refractivity contribution in [2.24, 2.45) is 0 Å². The highest BCUT2D eigenvalue weighted by molar-refractivity contribution is 7.98. The number of aromatic hydroxyl groups is 1. The fourth-order valence-corrected chi connectivity index (χ4v) is 7.24. The van der Waals surface area contributed by atoms with Gasteiger partial charge >= 0.3 is 0 Å². The SMILES string of the molecule is Oc1ccccc1C=C[P+](c1ccccc1)(c1ccccc1)c1ccccc1. The number of hydrogen-bond acceptors (Lipinski definition) is 1. The van der Waals surface area contributed by atoms with Crippen molar-refractivity contribution in [1.29, 1.82) is 0 Å². The van der Waals surface area contributed by atoms with Crippen molar-refractivity contribution in [2.45, 2.75) is 0 Å². The largest absolute Gasteiger partial charge is 0.507 e. The Balaban J connectivity index is 2.00. The van der Waals surface area contributed by atoms with Crippen LogP contribution in [0.1, 0.15) is 5.56 Å². The van der Waals surface area contributed by atoms with Crippen molar-refractivity contribution >= 4 is 29.3 Å². The van der Waals surface area contributed by atoms with E-state index in [1.54, 1.807) is 6.07 Å². The highest BCUT2D eigenvalue weighted by Gasteiger charge is 2.43. The Morgan fingerprint density at radius 2 is 0.893 bits per heavy atom. The lowest BCUT2D eigenvalue weighted by Crippen LogP contribution is -2.29. The molecule has 0 unspecified atom stereocenters. The number of benzene rings is 4. The average Bonchev–Trinajstić information content (AvgIpc) is 2.78. The number of phenols is 1. The van der Waals surface area contributed by atoms with E-state index in [1.807, 2.05) is 18.2 Å². The van der Waals surface area contributed by atoms with E-state index in [-0.39, 0.29) is 0 Å². The van der Waals surface area contributed by atoms with E-state index in [0.717, 1.165) is 5.56 Å². The summed E-state index contributed by atoms with van der Waals surface area (Å²) in [6.45, 7) is 0. The first kappa shape index (κ1) is 18.2. The first-order valence-corrected chi connectivity index (χ1v) is 11.2. The van der Waals surface area contributed by atoms with E-state index in [4.69, 9.17) is 0 Å². The predicted octanol–water partition coefficient (Wildman–Crippen LogP) is 5.36. The maximum absolute atomic E-state index is 10.3. The molecule has 0 bridgehead atoms. The van der Waals surface area contributed by atoms with Gasteiger partial charge in [-0.2, -0.15) is 0 Å². The van der Waals surface area contributed by atoms with E-state index in [2.05, 4.69) is 103 Å². The van der Waals surface area contributed by atoms with Gasteiger partial charge in [0.1, 0.15) is 28.9 Å². The number of hydrogen-bond donors (Lipinski definition) is 1. The Kier molecular flexibility index (Phi) is 5.37. The lowest BCUT2D eigenvalue weighted by Gasteiger charge is -2.24. The molecule has 1 nitrogen and oxygen atoms in total. The Morgan fingerprint density at radius 1 is 0.500 bits per heavy atom. The maximum Gasteiger partial charge on any atom is 0.136 e. The smallest absolute Gasteiger partial charge is 0.136 e. The molecule has 0 amide bonds. The maximum atomic E-state index is 10.3. The van der Waals surface area contributed by atoms with Gasteiger partial charge in [0.15, 0.2) is 0 Å². The van der Waals surface area contributed by atoms with E-state index in [0.29, 0.717) is 5.75 Å². The summed E-state index contributed by atoms with van der Waals surface area (Å²) in [6, 6.07) is 39.5. The minimum Gasteiger partial charge on any atom is -0.507 e. The second kappa shape index (κ2) is 8.25. The molecule has 4 aromatic carbocycles. The summed E-state index contributed by atoms with van der Waals surface area (Å²) in [6.07, 6.45) is 2.07. The standard InChI is InChI=1S/C26H21OP/c27-26-19-11-10-12-22(26)20-21-28(23-13-4-1-5-14-23,24-15-6-2-7-16-24)25-17-8-3-9-18-25/h1-21H/p+1. The molecule has 28 heavy (non-hydrogen) atoms. The van der Waals surface area contributed by atoms with Crippen molar-refractivity contribution in [3.63, 3.8) is 0 Å². The molecule has 0 aliphatic rings. The van der Waals surface area contributed by atoms with Crippen LogP contribution in [0.3, 0.4) is 0 Å². The first-order valence-electron chi connectivity index (χ1n) is 9.33. The molecule has 0 saturated heterocycles. The highest BCUT2D eigenvalue weighted by Crippen LogP contribution is 2.57. The van der Waals surface area contributed by atoms with Gasteiger partial charge < -0.3 is 5.11 Å². The average molecular weight is 381 g/mol. The number of para-hydroxylation sites is 1. The summed E-state index contributed by atoms with van der Waals surface area (Å²) in [7, 11) is -2.03. The summed E-state index contributed by atoms with van der Waals surface area (Å²) < 4.78 is 0. The van der Waals surface area contributed by atoms with Crippen LogP contribution in [0.4, 0.5) is 0 Å². The third-order valence-electron chi connectivity index (χ3n) is 4.90.